The minimum atomic E-state index is -4.55. The van der Waals surface area contributed by atoms with E-state index in [-0.39, 0.29) is 29.5 Å². The summed E-state index contributed by atoms with van der Waals surface area (Å²) in [5.74, 6) is -0.544. The number of benzene rings is 1. The molecule has 1 aromatic carbocycles. The van der Waals surface area contributed by atoms with Crippen molar-refractivity contribution in [1.29, 1.82) is 0 Å². The summed E-state index contributed by atoms with van der Waals surface area (Å²) in [4.78, 5) is 19.6. The van der Waals surface area contributed by atoms with Crippen molar-refractivity contribution in [2.24, 2.45) is 0 Å². The number of nitrogens with zero attached hydrogens (tertiary/aromatic N) is 4. The van der Waals surface area contributed by atoms with E-state index in [0.717, 1.165) is 10.7 Å². The number of alkyl halides is 3. The molecule has 2 heterocycles. The third-order valence-corrected chi connectivity index (χ3v) is 5.41. The van der Waals surface area contributed by atoms with Gasteiger partial charge in [-0.1, -0.05) is 0 Å². The highest BCUT2D eigenvalue weighted by Gasteiger charge is 2.34. The molecule has 9 nitrogen and oxygen atoms in total. The first-order chi connectivity index (χ1) is 14.5. The number of carbonyl (C=O) groups is 1. The van der Waals surface area contributed by atoms with E-state index >= 15 is 0 Å². The van der Waals surface area contributed by atoms with Crippen LogP contribution in [0, 0.1) is 6.92 Å². The van der Waals surface area contributed by atoms with Crippen LogP contribution in [-0.2, 0) is 27.5 Å². The molecule has 2 aromatic heterocycles. The number of nitrogens with one attached hydrogen (secondary N) is 2. The molecular weight excluding hydrogens is 437 g/mol. The van der Waals surface area contributed by atoms with E-state index in [0.29, 0.717) is 5.69 Å². The van der Waals surface area contributed by atoms with Crippen molar-refractivity contribution in [3.05, 3.63) is 60.2 Å². The van der Waals surface area contributed by atoms with Crippen molar-refractivity contribution in [3.8, 4) is 0 Å². The molecule has 0 bridgehead atoms. The molecule has 31 heavy (non-hydrogen) atoms. The summed E-state index contributed by atoms with van der Waals surface area (Å²) in [7, 11) is -3.91. The molecule has 164 valence electrons. The fourth-order valence-corrected chi connectivity index (χ4v) is 3.51. The molecule has 0 spiro atoms. The van der Waals surface area contributed by atoms with Crippen LogP contribution < -0.4 is 10.0 Å². The van der Waals surface area contributed by atoms with Gasteiger partial charge in [0.15, 0.2) is 5.69 Å². The lowest BCUT2D eigenvalue weighted by molar-refractivity contribution is -0.141. The van der Waals surface area contributed by atoms with Gasteiger partial charge in [0.25, 0.3) is 10.0 Å². The van der Waals surface area contributed by atoms with Crippen LogP contribution in [0.2, 0.25) is 0 Å². The summed E-state index contributed by atoms with van der Waals surface area (Å²) in [6.45, 7) is 1.43. The maximum Gasteiger partial charge on any atom is 0.435 e. The van der Waals surface area contributed by atoms with Gasteiger partial charge in [-0.05, 0) is 43.3 Å². The quantitative estimate of drug-likeness (QED) is 0.567. The second-order valence-corrected chi connectivity index (χ2v) is 8.07. The second-order valence-electron chi connectivity index (χ2n) is 6.39. The predicted molar refractivity (Wildman–Crippen MR) is 104 cm³/mol. The molecule has 0 saturated carbocycles. The van der Waals surface area contributed by atoms with Crippen LogP contribution in [0.1, 0.15) is 17.8 Å². The SMILES string of the molecule is Cc1cc(C(F)(F)F)nn1CCC(=O)Nc1ccc(S(=O)(=O)Nc2ncccn2)cc1. The summed E-state index contributed by atoms with van der Waals surface area (Å²) >= 11 is 0. The van der Waals surface area contributed by atoms with Crippen molar-refractivity contribution >= 4 is 27.6 Å². The summed E-state index contributed by atoms with van der Waals surface area (Å²) in [5.41, 5.74) is -0.408. The Balaban J connectivity index is 1.58. The highest BCUT2D eigenvalue weighted by atomic mass is 32.2. The smallest absolute Gasteiger partial charge is 0.326 e. The number of aromatic nitrogens is 4. The standard InChI is InChI=1S/C18H17F3N6O3S/c1-12-11-15(18(19,20)21)25-27(12)10-7-16(28)24-13-3-5-14(6-4-13)31(29,30)26-17-22-8-2-9-23-17/h2-6,8-9,11H,7,10H2,1H3,(H,24,28)(H,22,23,26). The maximum absolute atomic E-state index is 12.7. The van der Waals surface area contributed by atoms with Crippen LogP contribution in [0.4, 0.5) is 24.8 Å². The van der Waals surface area contributed by atoms with Gasteiger partial charge >= 0.3 is 6.18 Å². The van der Waals surface area contributed by atoms with Crippen LogP contribution in [-0.4, -0.2) is 34.1 Å². The van der Waals surface area contributed by atoms with Crippen molar-refractivity contribution in [2.75, 3.05) is 10.0 Å². The number of anilines is 2. The topological polar surface area (TPSA) is 119 Å². The molecule has 1 amide bonds. The Morgan fingerprint density at radius 1 is 1.13 bits per heavy atom. The Kier molecular flexibility index (Phi) is 6.24. The Morgan fingerprint density at radius 2 is 1.77 bits per heavy atom. The van der Waals surface area contributed by atoms with Gasteiger partial charge in [-0.3, -0.25) is 9.48 Å². The minimum absolute atomic E-state index is 0.0405. The number of aryl methyl sites for hydroxylation is 2. The molecule has 2 N–H and O–H groups in total. The van der Waals surface area contributed by atoms with E-state index in [1.54, 1.807) is 0 Å². The number of rotatable bonds is 7. The number of amides is 1. The average molecular weight is 454 g/mol. The summed E-state index contributed by atoms with van der Waals surface area (Å²) < 4.78 is 66.1. The zero-order valence-electron chi connectivity index (χ0n) is 16.1. The fraction of sp³-hybridized carbons (Fsp3) is 0.222. The third-order valence-electron chi connectivity index (χ3n) is 4.06. The molecular formula is C18H17F3N6O3S. The van der Waals surface area contributed by atoms with Crippen molar-refractivity contribution in [1.82, 2.24) is 19.7 Å². The summed E-state index contributed by atoms with van der Waals surface area (Å²) in [5, 5.41) is 6.02. The summed E-state index contributed by atoms with van der Waals surface area (Å²) in [6.07, 6.45) is -1.90. The van der Waals surface area contributed by atoms with Crippen LogP contribution in [0.25, 0.3) is 0 Å². The molecule has 0 aliphatic carbocycles. The van der Waals surface area contributed by atoms with Gasteiger partial charge in [-0.2, -0.15) is 18.3 Å². The van der Waals surface area contributed by atoms with Gasteiger partial charge in [0.05, 0.1) is 4.90 Å². The lowest BCUT2D eigenvalue weighted by atomic mass is 10.3. The van der Waals surface area contributed by atoms with Crippen LogP contribution in [0.3, 0.4) is 0 Å². The second kappa shape index (κ2) is 8.71. The number of hydrogen-bond donors (Lipinski definition) is 2. The van der Waals surface area contributed by atoms with E-state index in [1.165, 1.54) is 49.6 Å². The van der Waals surface area contributed by atoms with E-state index in [1.807, 2.05) is 0 Å². The lowest BCUT2D eigenvalue weighted by Gasteiger charge is -2.09. The molecule has 0 aliphatic rings. The maximum atomic E-state index is 12.7. The Labute approximate surface area is 175 Å². The van der Waals surface area contributed by atoms with Gasteiger partial charge in [0.2, 0.25) is 11.9 Å². The zero-order chi connectivity index (χ0) is 22.6. The van der Waals surface area contributed by atoms with Gasteiger partial charge in [0, 0.05) is 36.7 Å². The monoisotopic (exact) mass is 454 g/mol. The Morgan fingerprint density at radius 3 is 2.35 bits per heavy atom. The number of halogens is 3. The van der Waals surface area contributed by atoms with Crippen molar-refractivity contribution in [2.45, 2.75) is 31.0 Å². The van der Waals surface area contributed by atoms with Gasteiger partial charge in [-0.25, -0.2) is 23.1 Å². The predicted octanol–water partition coefficient (Wildman–Crippen LogP) is 2.83. The molecule has 0 radical (unpaired) electrons. The zero-order valence-corrected chi connectivity index (χ0v) is 16.9. The first kappa shape index (κ1) is 22.2. The molecule has 0 aliphatic heterocycles. The molecule has 0 saturated heterocycles. The van der Waals surface area contributed by atoms with E-state index in [4.69, 9.17) is 0 Å². The minimum Gasteiger partial charge on any atom is -0.326 e. The highest BCUT2D eigenvalue weighted by Crippen LogP contribution is 2.28. The van der Waals surface area contributed by atoms with Crippen LogP contribution >= 0.6 is 0 Å². The van der Waals surface area contributed by atoms with Gasteiger partial charge in [-0.15, -0.1) is 0 Å². The van der Waals surface area contributed by atoms with E-state index in [2.05, 4.69) is 25.1 Å². The van der Waals surface area contributed by atoms with Gasteiger partial charge in [0.1, 0.15) is 0 Å². The Hall–Kier alpha value is -3.48. The highest BCUT2D eigenvalue weighted by molar-refractivity contribution is 7.92. The molecule has 0 atom stereocenters. The van der Waals surface area contributed by atoms with Crippen molar-refractivity contribution in [3.63, 3.8) is 0 Å². The van der Waals surface area contributed by atoms with E-state index in [9.17, 15) is 26.4 Å². The van der Waals surface area contributed by atoms with E-state index < -0.39 is 27.8 Å². The van der Waals surface area contributed by atoms with Crippen molar-refractivity contribution < 1.29 is 26.4 Å². The van der Waals surface area contributed by atoms with Gasteiger partial charge < -0.3 is 5.32 Å². The molecule has 13 heteroatoms. The number of carbonyl (C=O) groups excluding carboxylic acids is 1. The molecule has 3 rings (SSSR count). The molecule has 3 aromatic rings. The van der Waals surface area contributed by atoms with Crippen LogP contribution in [0.5, 0.6) is 0 Å². The molecule has 0 unspecified atom stereocenters. The largest absolute Gasteiger partial charge is 0.435 e. The fourth-order valence-electron chi connectivity index (χ4n) is 2.55. The Bertz CT molecular complexity index is 1160. The lowest BCUT2D eigenvalue weighted by Crippen LogP contribution is -2.17. The first-order valence-corrected chi connectivity index (χ1v) is 10.3. The first-order valence-electron chi connectivity index (χ1n) is 8.86. The number of hydrogen-bond acceptors (Lipinski definition) is 6. The molecule has 0 fully saturated rings. The number of sulfonamides is 1. The van der Waals surface area contributed by atoms with Crippen LogP contribution in [0.15, 0.2) is 53.7 Å². The third kappa shape index (κ3) is 5.78. The normalized spacial score (nSPS) is 11.9. The summed E-state index contributed by atoms with van der Waals surface area (Å²) in [6, 6.07) is 7.80. The average Bonchev–Trinajstić information content (AvgIpc) is 3.08.